The van der Waals surface area contributed by atoms with E-state index in [4.69, 9.17) is 4.74 Å². The van der Waals surface area contributed by atoms with Crippen molar-refractivity contribution in [3.05, 3.63) is 51.6 Å². The number of ether oxygens (including phenoxy) is 1. The maximum absolute atomic E-state index is 12.3. The Morgan fingerprint density at radius 2 is 2.11 bits per heavy atom. The third kappa shape index (κ3) is 3.77. The summed E-state index contributed by atoms with van der Waals surface area (Å²) in [7, 11) is 0. The van der Waals surface area contributed by atoms with Gasteiger partial charge in [0.05, 0.1) is 17.9 Å². The minimum absolute atomic E-state index is 0.0517. The molecule has 0 unspecified atom stereocenters. The largest absolute Gasteiger partial charge is 0.462 e. The molecule has 2 N–H and O–H groups in total. The van der Waals surface area contributed by atoms with E-state index in [9.17, 15) is 14.4 Å². The van der Waals surface area contributed by atoms with Gasteiger partial charge in [0.1, 0.15) is 11.3 Å². The van der Waals surface area contributed by atoms with Gasteiger partial charge in [-0.05, 0) is 38.5 Å². The van der Waals surface area contributed by atoms with Crippen LogP contribution < -0.4 is 10.9 Å². The molecular weight excluding hydrogens is 382 g/mol. The molecule has 0 atom stereocenters. The predicted octanol–water partition coefficient (Wildman–Crippen LogP) is 1.94. The number of pyridine rings is 1. The summed E-state index contributed by atoms with van der Waals surface area (Å²) in [4.78, 5) is 40.8. The van der Waals surface area contributed by atoms with Gasteiger partial charge >= 0.3 is 5.97 Å². The van der Waals surface area contributed by atoms with Gasteiger partial charge in [0.2, 0.25) is 5.91 Å². The van der Waals surface area contributed by atoms with Crippen molar-refractivity contribution in [2.24, 2.45) is 0 Å². The van der Waals surface area contributed by atoms with E-state index in [1.54, 1.807) is 49.6 Å². The molecule has 0 aliphatic heterocycles. The van der Waals surface area contributed by atoms with Gasteiger partial charge in [0.25, 0.3) is 5.56 Å². The van der Waals surface area contributed by atoms with Gasteiger partial charge in [0.15, 0.2) is 5.16 Å². The average Bonchev–Trinajstić information content (AvgIpc) is 2.94. The van der Waals surface area contributed by atoms with E-state index in [0.717, 1.165) is 11.8 Å². The molecule has 1 amide bonds. The fourth-order valence-electron chi connectivity index (χ4n) is 2.90. The summed E-state index contributed by atoms with van der Waals surface area (Å²) in [5.41, 5.74) is 1.28. The summed E-state index contributed by atoms with van der Waals surface area (Å²) in [6, 6.07) is 5.21. The minimum Gasteiger partial charge on any atom is -0.462 e. The first kappa shape index (κ1) is 19.6. The molecule has 9 nitrogen and oxygen atoms in total. The van der Waals surface area contributed by atoms with E-state index in [0.29, 0.717) is 33.3 Å². The van der Waals surface area contributed by atoms with Crippen LogP contribution in [0.2, 0.25) is 0 Å². The molecule has 0 fully saturated rings. The summed E-state index contributed by atoms with van der Waals surface area (Å²) in [6.07, 6.45) is 1.58. The van der Waals surface area contributed by atoms with Gasteiger partial charge in [-0.1, -0.05) is 17.8 Å². The standard InChI is InChI=1S/C18H19N5O4S/c1-4-27-17(26)14-10(2)15-16(25)21-22-18(23(15)11(14)3)28-9-13(24)20-12-7-5-6-8-19-12/h5-8H,4,9H2,1-3H3,(H,21,25)(H,19,20,24). The molecule has 0 spiro atoms. The zero-order valence-electron chi connectivity index (χ0n) is 15.6. The zero-order chi connectivity index (χ0) is 20.3. The molecule has 146 valence electrons. The van der Waals surface area contributed by atoms with Crippen molar-refractivity contribution in [3.63, 3.8) is 0 Å². The zero-order valence-corrected chi connectivity index (χ0v) is 16.4. The summed E-state index contributed by atoms with van der Waals surface area (Å²) < 4.78 is 6.68. The Bertz CT molecular complexity index is 1090. The number of rotatable bonds is 6. The van der Waals surface area contributed by atoms with Crippen LogP contribution in [0.1, 0.15) is 28.5 Å². The number of nitrogens with one attached hydrogen (secondary N) is 2. The third-order valence-electron chi connectivity index (χ3n) is 4.05. The number of hydrogen-bond acceptors (Lipinski definition) is 7. The van der Waals surface area contributed by atoms with Gasteiger partial charge in [-0.2, -0.15) is 0 Å². The summed E-state index contributed by atoms with van der Waals surface area (Å²) in [6.45, 7) is 5.35. The SMILES string of the molecule is CCOC(=O)c1c(C)c2c(=O)[nH]nc(SCC(=O)Nc3ccccn3)n2c1C. The number of hydrogen-bond donors (Lipinski definition) is 2. The molecule has 0 aliphatic rings. The maximum atomic E-state index is 12.3. The van der Waals surface area contributed by atoms with Crippen LogP contribution in [0.25, 0.3) is 5.52 Å². The highest BCUT2D eigenvalue weighted by Crippen LogP contribution is 2.25. The lowest BCUT2D eigenvalue weighted by atomic mass is 10.1. The molecule has 10 heteroatoms. The lowest BCUT2D eigenvalue weighted by molar-refractivity contribution is -0.113. The molecule has 0 aromatic carbocycles. The fraction of sp³-hybridized carbons (Fsp3) is 0.278. The molecule has 28 heavy (non-hydrogen) atoms. The number of esters is 1. The second-order valence-electron chi connectivity index (χ2n) is 5.88. The number of carbonyl (C=O) groups excluding carboxylic acids is 2. The number of H-pyrrole nitrogens is 1. The second kappa shape index (κ2) is 8.26. The van der Waals surface area contributed by atoms with Crippen LogP contribution in [0.15, 0.2) is 34.3 Å². The molecule has 3 aromatic rings. The Morgan fingerprint density at radius 1 is 1.32 bits per heavy atom. The minimum atomic E-state index is -0.496. The number of aromatic nitrogens is 4. The highest BCUT2D eigenvalue weighted by Gasteiger charge is 2.24. The first-order chi connectivity index (χ1) is 13.4. The van der Waals surface area contributed by atoms with Crippen LogP contribution in [0, 0.1) is 13.8 Å². The average molecular weight is 401 g/mol. The quantitative estimate of drug-likeness (QED) is 0.479. The number of aromatic amines is 1. The van der Waals surface area contributed by atoms with Crippen molar-refractivity contribution in [2.75, 3.05) is 17.7 Å². The van der Waals surface area contributed by atoms with Crippen molar-refractivity contribution >= 4 is 35.0 Å². The van der Waals surface area contributed by atoms with Crippen molar-refractivity contribution in [3.8, 4) is 0 Å². The molecule has 0 radical (unpaired) electrons. The molecule has 0 bridgehead atoms. The van der Waals surface area contributed by atoms with E-state index in [-0.39, 0.29) is 18.3 Å². The van der Waals surface area contributed by atoms with E-state index < -0.39 is 11.5 Å². The Morgan fingerprint density at radius 3 is 2.79 bits per heavy atom. The maximum Gasteiger partial charge on any atom is 0.340 e. The first-order valence-corrected chi connectivity index (χ1v) is 9.53. The Labute approximate surface area is 164 Å². The summed E-state index contributed by atoms with van der Waals surface area (Å²) in [5, 5.41) is 9.55. The van der Waals surface area contributed by atoms with Gasteiger partial charge in [-0.25, -0.2) is 14.9 Å². The number of amides is 1. The predicted molar refractivity (Wildman–Crippen MR) is 105 cm³/mol. The lowest BCUT2D eigenvalue weighted by Crippen LogP contribution is -2.18. The molecule has 3 heterocycles. The van der Waals surface area contributed by atoms with Gasteiger partial charge in [-0.15, -0.1) is 5.10 Å². The molecule has 3 aromatic heterocycles. The van der Waals surface area contributed by atoms with Crippen molar-refractivity contribution < 1.29 is 14.3 Å². The monoisotopic (exact) mass is 401 g/mol. The number of thioether (sulfide) groups is 1. The topological polar surface area (TPSA) is 118 Å². The van der Waals surface area contributed by atoms with Gasteiger partial charge < -0.3 is 10.1 Å². The molecular formula is C18H19N5O4S. The highest BCUT2D eigenvalue weighted by molar-refractivity contribution is 7.99. The number of carbonyl (C=O) groups is 2. The van der Waals surface area contributed by atoms with Crippen molar-refractivity contribution in [2.45, 2.75) is 25.9 Å². The number of fused-ring (bicyclic) bond motifs is 1. The Hall–Kier alpha value is -3.14. The van der Waals surface area contributed by atoms with Crippen LogP contribution in [-0.4, -0.2) is 43.8 Å². The van der Waals surface area contributed by atoms with Crippen LogP contribution in [-0.2, 0) is 9.53 Å². The van der Waals surface area contributed by atoms with Crippen LogP contribution in [0.3, 0.4) is 0 Å². The Kier molecular flexibility index (Phi) is 5.78. The van der Waals surface area contributed by atoms with Crippen molar-refractivity contribution in [1.82, 2.24) is 19.6 Å². The Balaban J connectivity index is 1.90. The fourth-order valence-corrected chi connectivity index (χ4v) is 3.70. The normalized spacial score (nSPS) is 10.8. The number of anilines is 1. The molecule has 0 saturated heterocycles. The van der Waals surface area contributed by atoms with Gasteiger partial charge in [0, 0.05) is 11.9 Å². The number of nitrogens with zero attached hydrogens (tertiary/aromatic N) is 3. The van der Waals surface area contributed by atoms with Crippen molar-refractivity contribution in [1.29, 1.82) is 0 Å². The summed E-state index contributed by atoms with van der Waals surface area (Å²) >= 11 is 1.14. The second-order valence-corrected chi connectivity index (χ2v) is 6.82. The van der Waals surface area contributed by atoms with Crippen LogP contribution >= 0.6 is 11.8 Å². The van der Waals surface area contributed by atoms with E-state index in [2.05, 4.69) is 20.5 Å². The highest BCUT2D eigenvalue weighted by atomic mass is 32.2. The van der Waals surface area contributed by atoms with Gasteiger partial charge in [-0.3, -0.25) is 14.0 Å². The van der Waals surface area contributed by atoms with E-state index >= 15 is 0 Å². The third-order valence-corrected chi connectivity index (χ3v) is 4.99. The van der Waals surface area contributed by atoms with E-state index in [1.807, 2.05) is 0 Å². The lowest BCUT2D eigenvalue weighted by Gasteiger charge is -2.07. The number of aryl methyl sites for hydroxylation is 2. The van der Waals surface area contributed by atoms with Crippen LogP contribution in [0.4, 0.5) is 5.82 Å². The van der Waals surface area contributed by atoms with Crippen LogP contribution in [0.5, 0.6) is 0 Å². The first-order valence-electron chi connectivity index (χ1n) is 8.55. The molecule has 0 saturated carbocycles. The summed E-state index contributed by atoms with van der Waals surface area (Å²) in [5.74, 6) is -0.262. The molecule has 3 rings (SSSR count). The smallest absolute Gasteiger partial charge is 0.340 e. The molecule has 0 aliphatic carbocycles. The van der Waals surface area contributed by atoms with E-state index in [1.165, 1.54) is 0 Å².